The van der Waals surface area contributed by atoms with Crippen LogP contribution in [0.4, 0.5) is 5.69 Å². The Hall–Kier alpha value is -2.96. The fourth-order valence-corrected chi connectivity index (χ4v) is 8.13. The maximum absolute atomic E-state index is 14.8. The van der Waals surface area contributed by atoms with Crippen LogP contribution in [-0.4, -0.2) is 75.0 Å². The summed E-state index contributed by atoms with van der Waals surface area (Å²) in [6.07, 6.45) is -0.872. The Bertz CT molecular complexity index is 1510. The molecule has 2 aliphatic heterocycles. The molecule has 1 saturated heterocycles. The SMILES string of the molecule is COc1ccccc1C1(N2C[C@H](O)C[C@H]2C(=O)N(C)C)C(=O)N(S(=O)(=O)c2cccs2)c2ccc(Cl)cc21. The lowest BCUT2D eigenvalue weighted by atomic mass is 9.80. The van der Waals surface area contributed by atoms with Crippen LogP contribution < -0.4 is 9.04 Å². The fourth-order valence-electron chi connectivity index (χ4n) is 5.44. The van der Waals surface area contributed by atoms with Crippen molar-refractivity contribution in [3.8, 4) is 5.75 Å². The van der Waals surface area contributed by atoms with Gasteiger partial charge in [-0.2, -0.15) is 12.7 Å². The van der Waals surface area contributed by atoms with Crippen LogP contribution in [0.1, 0.15) is 17.5 Å². The maximum atomic E-state index is 14.8. The normalized spacial score (nSPS) is 23.5. The first-order valence-electron chi connectivity index (χ1n) is 11.8. The molecule has 2 aliphatic rings. The van der Waals surface area contributed by atoms with E-state index in [0.717, 1.165) is 15.6 Å². The molecule has 0 spiro atoms. The summed E-state index contributed by atoms with van der Waals surface area (Å²) in [5.41, 5.74) is -1.10. The molecule has 0 aliphatic carbocycles. The number of likely N-dealkylation sites (N-methyl/N-ethyl adjacent to an activating group) is 1. The zero-order valence-electron chi connectivity index (χ0n) is 20.9. The number of para-hydroxylation sites is 1. The van der Waals surface area contributed by atoms with Gasteiger partial charge in [0.15, 0.2) is 5.54 Å². The van der Waals surface area contributed by atoms with Crippen molar-refractivity contribution < 1.29 is 27.9 Å². The van der Waals surface area contributed by atoms with Crippen molar-refractivity contribution in [2.24, 2.45) is 0 Å². The van der Waals surface area contributed by atoms with Gasteiger partial charge in [0.05, 0.1) is 24.9 Å². The van der Waals surface area contributed by atoms with Crippen LogP contribution in [0.5, 0.6) is 5.75 Å². The van der Waals surface area contributed by atoms with Crippen molar-refractivity contribution in [1.29, 1.82) is 0 Å². The third-order valence-electron chi connectivity index (χ3n) is 6.98. The van der Waals surface area contributed by atoms with Gasteiger partial charge >= 0.3 is 0 Å². The molecule has 1 fully saturated rings. The van der Waals surface area contributed by atoms with E-state index in [1.807, 2.05) is 0 Å². The van der Waals surface area contributed by atoms with Crippen molar-refractivity contribution in [2.75, 3.05) is 32.1 Å². The summed E-state index contributed by atoms with van der Waals surface area (Å²) >= 11 is 7.45. The molecule has 0 bridgehead atoms. The standard InChI is InChI=1S/C26H26ClN3O6S2/c1-28(2)24(32)21-14-17(31)15-29(21)26(18-7-4-5-8-22(18)36-3)19-13-16(27)10-11-20(19)30(25(26)33)38(34,35)23-9-6-12-37-23/h4-13,17,21,31H,14-15H2,1-3H3/t17-,21+,26?/m1/s1. The molecule has 2 amide bonds. The molecular formula is C26H26ClN3O6S2. The van der Waals surface area contributed by atoms with Crippen LogP contribution in [0.25, 0.3) is 0 Å². The Morgan fingerprint density at radius 1 is 1.16 bits per heavy atom. The molecule has 3 heterocycles. The smallest absolute Gasteiger partial charge is 0.280 e. The molecule has 3 atom stereocenters. The third-order valence-corrected chi connectivity index (χ3v) is 10.3. The van der Waals surface area contributed by atoms with Crippen molar-refractivity contribution >= 4 is 50.5 Å². The molecular weight excluding hydrogens is 550 g/mol. The van der Waals surface area contributed by atoms with Gasteiger partial charge < -0.3 is 14.7 Å². The highest BCUT2D eigenvalue weighted by atomic mass is 35.5. The van der Waals surface area contributed by atoms with Crippen LogP contribution >= 0.6 is 22.9 Å². The largest absolute Gasteiger partial charge is 0.496 e. The quantitative estimate of drug-likeness (QED) is 0.481. The number of ether oxygens (including phenoxy) is 1. The molecule has 0 radical (unpaired) electrons. The molecule has 1 unspecified atom stereocenters. The van der Waals surface area contributed by atoms with Gasteiger partial charge in [0, 0.05) is 36.8 Å². The first-order valence-corrected chi connectivity index (χ1v) is 14.5. The number of rotatable bonds is 6. The highest BCUT2D eigenvalue weighted by Gasteiger charge is 2.64. The molecule has 5 rings (SSSR count). The molecule has 3 aromatic rings. The Kier molecular flexibility index (Phi) is 6.77. The minimum Gasteiger partial charge on any atom is -0.496 e. The molecule has 2 aromatic carbocycles. The number of sulfonamides is 1. The van der Waals surface area contributed by atoms with Gasteiger partial charge in [-0.15, -0.1) is 11.3 Å². The van der Waals surface area contributed by atoms with Crippen molar-refractivity contribution in [2.45, 2.75) is 28.3 Å². The highest BCUT2D eigenvalue weighted by molar-refractivity contribution is 7.95. The van der Waals surface area contributed by atoms with Gasteiger partial charge in [0.1, 0.15) is 9.96 Å². The van der Waals surface area contributed by atoms with Crippen molar-refractivity contribution in [1.82, 2.24) is 9.80 Å². The number of methoxy groups -OCH3 is 1. The van der Waals surface area contributed by atoms with Crippen LogP contribution in [0.15, 0.2) is 64.2 Å². The molecule has 0 saturated carbocycles. The van der Waals surface area contributed by atoms with E-state index in [0.29, 0.717) is 11.3 Å². The Labute approximate surface area is 229 Å². The van der Waals surface area contributed by atoms with E-state index in [1.165, 1.54) is 30.2 Å². The summed E-state index contributed by atoms with van der Waals surface area (Å²) < 4.78 is 34.3. The van der Waals surface area contributed by atoms with Crippen LogP contribution in [0.2, 0.25) is 5.02 Å². The van der Waals surface area contributed by atoms with E-state index in [4.69, 9.17) is 16.3 Å². The van der Waals surface area contributed by atoms with E-state index < -0.39 is 33.6 Å². The molecule has 1 aromatic heterocycles. The monoisotopic (exact) mass is 575 g/mol. The van der Waals surface area contributed by atoms with Gasteiger partial charge in [-0.3, -0.25) is 14.5 Å². The second-order valence-corrected chi connectivity index (χ2v) is 12.8. The van der Waals surface area contributed by atoms with Crippen molar-refractivity contribution in [3.63, 3.8) is 0 Å². The highest BCUT2D eigenvalue weighted by Crippen LogP contribution is 2.55. The number of amides is 2. The number of aliphatic hydroxyl groups is 1. The average molecular weight is 576 g/mol. The number of β-amino-alcohol motifs (C(OH)–C–C–N with tert-alkyl or cyclic N) is 1. The molecule has 1 N–H and O–H groups in total. The Morgan fingerprint density at radius 2 is 1.89 bits per heavy atom. The average Bonchev–Trinajstić information content (AvgIpc) is 3.61. The summed E-state index contributed by atoms with van der Waals surface area (Å²) in [5.74, 6) is -0.815. The minimum atomic E-state index is -4.33. The fraction of sp³-hybridized carbons (Fsp3) is 0.308. The zero-order chi connectivity index (χ0) is 27.4. The van der Waals surface area contributed by atoms with E-state index in [1.54, 1.807) is 60.8 Å². The number of thiophene rings is 1. The van der Waals surface area contributed by atoms with Crippen molar-refractivity contribution in [3.05, 3.63) is 76.1 Å². The number of halogens is 1. The first-order chi connectivity index (χ1) is 18.0. The number of carbonyl (C=O) groups is 2. The van der Waals surface area contributed by atoms with E-state index in [9.17, 15) is 23.1 Å². The maximum Gasteiger partial charge on any atom is 0.280 e. The topological polar surface area (TPSA) is 107 Å². The van der Waals surface area contributed by atoms with E-state index in [2.05, 4.69) is 0 Å². The second kappa shape index (κ2) is 9.65. The number of fused-ring (bicyclic) bond motifs is 1. The summed E-state index contributed by atoms with van der Waals surface area (Å²) in [7, 11) is 0.304. The third kappa shape index (κ3) is 3.84. The van der Waals surface area contributed by atoms with Gasteiger partial charge in [-0.05, 0) is 42.1 Å². The number of aliphatic hydroxyl groups excluding tert-OH is 1. The number of likely N-dealkylation sites (tertiary alicyclic amines) is 1. The predicted octanol–water partition coefficient (Wildman–Crippen LogP) is 2.91. The number of hydrogen-bond donors (Lipinski definition) is 1. The lowest BCUT2D eigenvalue weighted by Crippen LogP contribution is -2.59. The first kappa shape index (κ1) is 26.6. The molecule has 9 nitrogen and oxygen atoms in total. The van der Waals surface area contributed by atoms with Crippen LogP contribution in [0.3, 0.4) is 0 Å². The Balaban J connectivity index is 1.88. The number of nitrogens with zero attached hydrogens (tertiary/aromatic N) is 3. The molecule has 38 heavy (non-hydrogen) atoms. The number of benzene rings is 2. The summed E-state index contributed by atoms with van der Waals surface area (Å²) in [6.45, 7) is -0.0626. The zero-order valence-corrected chi connectivity index (χ0v) is 23.3. The molecule has 200 valence electrons. The minimum absolute atomic E-state index is 0.00930. The van der Waals surface area contributed by atoms with Gasteiger partial charge in [-0.25, -0.2) is 0 Å². The van der Waals surface area contributed by atoms with Gasteiger partial charge in [-0.1, -0.05) is 35.9 Å². The summed E-state index contributed by atoms with van der Waals surface area (Å²) in [6, 6.07) is 13.4. The summed E-state index contributed by atoms with van der Waals surface area (Å²) in [5, 5.41) is 12.7. The van der Waals surface area contributed by atoms with E-state index >= 15 is 0 Å². The lowest BCUT2D eigenvalue weighted by molar-refractivity contribution is -0.138. The Morgan fingerprint density at radius 3 is 2.55 bits per heavy atom. The predicted molar refractivity (Wildman–Crippen MR) is 144 cm³/mol. The van der Waals surface area contributed by atoms with Gasteiger partial charge in [0.2, 0.25) is 5.91 Å². The number of carbonyl (C=O) groups excluding carboxylic acids is 2. The number of hydrogen-bond acceptors (Lipinski definition) is 8. The number of anilines is 1. The van der Waals surface area contributed by atoms with Gasteiger partial charge in [0.25, 0.3) is 15.9 Å². The summed E-state index contributed by atoms with van der Waals surface area (Å²) in [4.78, 5) is 31.2. The van der Waals surface area contributed by atoms with Crippen LogP contribution in [-0.2, 0) is 25.2 Å². The lowest BCUT2D eigenvalue weighted by Gasteiger charge is -2.42. The second-order valence-electron chi connectivity index (χ2n) is 9.37. The molecule has 12 heteroatoms. The van der Waals surface area contributed by atoms with Crippen LogP contribution in [0, 0.1) is 0 Å². The van der Waals surface area contributed by atoms with E-state index in [-0.39, 0.29) is 39.4 Å².